The van der Waals surface area contributed by atoms with Crippen molar-refractivity contribution in [3.05, 3.63) is 69.9 Å². The summed E-state index contributed by atoms with van der Waals surface area (Å²) in [6.07, 6.45) is 0. The maximum Gasteiger partial charge on any atom is 0.251 e. The lowest BCUT2D eigenvalue weighted by Gasteiger charge is -2.12. The Kier molecular flexibility index (Phi) is 6.36. The van der Waals surface area contributed by atoms with Gasteiger partial charge in [0.15, 0.2) is 11.5 Å². The van der Waals surface area contributed by atoms with Crippen molar-refractivity contribution >= 4 is 28.8 Å². The molecule has 3 aromatic rings. The number of para-hydroxylation sites is 1. The van der Waals surface area contributed by atoms with Gasteiger partial charge < -0.3 is 25.6 Å². The molecule has 0 aliphatic heterocycles. The Hall–Kier alpha value is -3.52. The smallest absolute Gasteiger partial charge is 0.251 e. The number of carbonyl (C=O) groups excluding carboxylic acids is 1. The summed E-state index contributed by atoms with van der Waals surface area (Å²) in [7, 11) is 2.81. The van der Waals surface area contributed by atoms with Crippen molar-refractivity contribution in [2.24, 2.45) is 10.7 Å². The van der Waals surface area contributed by atoms with Crippen LogP contribution >= 0.6 is 11.3 Å². The predicted octanol–water partition coefficient (Wildman–Crippen LogP) is 3.44. The van der Waals surface area contributed by atoms with Crippen LogP contribution in [0.3, 0.4) is 0 Å². The molecule has 4 N–H and O–H groups in total. The van der Waals surface area contributed by atoms with Gasteiger partial charge in [-0.1, -0.05) is 24.3 Å². The average molecular weight is 411 g/mol. The highest BCUT2D eigenvalue weighted by Crippen LogP contribution is 2.37. The Morgan fingerprint density at radius 2 is 1.83 bits per heavy atom. The molecule has 2 aromatic carbocycles. The van der Waals surface area contributed by atoms with Gasteiger partial charge in [0.05, 0.1) is 24.8 Å². The van der Waals surface area contributed by atoms with Crippen LogP contribution in [0, 0.1) is 0 Å². The van der Waals surface area contributed by atoms with Crippen LogP contribution in [-0.2, 0) is 6.54 Å². The normalized spacial score (nSPS) is 11.2. The second-order valence-corrected chi connectivity index (χ2v) is 6.96. The lowest BCUT2D eigenvalue weighted by atomic mass is 10.1. The molecule has 0 unspecified atom stereocenters. The number of phenolic OH excluding ortho intramolecular Hbond substituents is 1. The average Bonchev–Trinajstić information content (AvgIpc) is 3.28. The summed E-state index contributed by atoms with van der Waals surface area (Å²) < 4.78 is 10.2. The van der Waals surface area contributed by atoms with Crippen molar-refractivity contribution in [3.8, 4) is 17.2 Å². The van der Waals surface area contributed by atoms with Crippen LogP contribution in [0.4, 0.5) is 5.69 Å². The molecular weight excluding hydrogens is 390 g/mol. The standard InChI is InChI=1S/C21H21N3O4S/c1-27-16-10-14(11-17(28-2)19(16)25)21(26)23-12-13-6-3-4-7-15(13)24-20(22)18-8-5-9-29-18/h3-11,25H,12H2,1-2H3,(H2,22,24)(H,23,26). The molecule has 0 saturated carbocycles. The number of phenols is 1. The van der Waals surface area contributed by atoms with E-state index in [0.717, 1.165) is 10.4 Å². The fourth-order valence-electron chi connectivity index (χ4n) is 2.68. The van der Waals surface area contributed by atoms with Gasteiger partial charge in [-0.25, -0.2) is 4.99 Å². The first-order chi connectivity index (χ1) is 14.0. The molecule has 0 aliphatic carbocycles. The Balaban J connectivity index is 1.79. The van der Waals surface area contributed by atoms with Gasteiger partial charge in [0.2, 0.25) is 5.75 Å². The number of ether oxygens (including phenoxy) is 2. The summed E-state index contributed by atoms with van der Waals surface area (Å²) >= 11 is 1.51. The number of nitrogens with two attached hydrogens (primary N) is 1. The Labute approximate surface area is 172 Å². The van der Waals surface area contributed by atoms with E-state index in [1.165, 1.54) is 37.7 Å². The molecule has 0 saturated heterocycles. The molecule has 150 valence electrons. The first-order valence-electron chi connectivity index (χ1n) is 8.72. The second kappa shape index (κ2) is 9.11. The number of hydrogen-bond acceptors (Lipinski definition) is 6. The number of amidine groups is 1. The van der Waals surface area contributed by atoms with Crippen LogP contribution in [0.15, 0.2) is 58.9 Å². The number of aliphatic imine (C=N–C) groups is 1. The van der Waals surface area contributed by atoms with Gasteiger partial charge >= 0.3 is 0 Å². The number of aromatic hydroxyl groups is 1. The zero-order chi connectivity index (χ0) is 20.8. The first kappa shape index (κ1) is 20.2. The number of thiophene rings is 1. The predicted molar refractivity (Wildman–Crippen MR) is 114 cm³/mol. The molecule has 0 atom stereocenters. The molecule has 0 radical (unpaired) electrons. The van der Waals surface area contributed by atoms with Crippen molar-refractivity contribution in [1.29, 1.82) is 0 Å². The Morgan fingerprint density at radius 1 is 1.14 bits per heavy atom. The molecule has 8 heteroatoms. The third-order valence-electron chi connectivity index (χ3n) is 4.19. The van der Waals surface area contributed by atoms with Crippen LogP contribution in [0.5, 0.6) is 17.2 Å². The van der Waals surface area contributed by atoms with E-state index in [1.54, 1.807) is 0 Å². The SMILES string of the molecule is COc1cc(C(=O)NCc2ccccc2N=C(N)c2cccs2)cc(OC)c1O. The number of hydrogen-bond donors (Lipinski definition) is 3. The minimum atomic E-state index is -0.341. The fourth-order valence-corrected chi connectivity index (χ4v) is 3.31. The van der Waals surface area contributed by atoms with E-state index >= 15 is 0 Å². The van der Waals surface area contributed by atoms with Gasteiger partial charge in [0.1, 0.15) is 5.84 Å². The maximum absolute atomic E-state index is 12.6. The molecule has 0 fully saturated rings. The molecular formula is C21H21N3O4S. The number of carbonyl (C=O) groups is 1. The number of benzene rings is 2. The first-order valence-corrected chi connectivity index (χ1v) is 9.60. The van der Waals surface area contributed by atoms with Crippen LogP contribution in [0.1, 0.15) is 20.8 Å². The lowest BCUT2D eigenvalue weighted by Crippen LogP contribution is -2.23. The van der Waals surface area contributed by atoms with Gasteiger partial charge in [0, 0.05) is 12.1 Å². The summed E-state index contributed by atoms with van der Waals surface area (Å²) in [4.78, 5) is 18.0. The molecule has 1 heterocycles. The molecule has 3 rings (SSSR count). The topological polar surface area (TPSA) is 106 Å². The molecule has 1 aromatic heterocycles. The number of nitrogens with one attached hydrogen (secondary N) is 1. The van der Waals surface area contributed by atoms with Gasteiger partial charge in [0.25, 0.3) is 5.91 Å². The van der Waals surface area contributed by atoms with Crippen LogP contribution in [-0.4, -0.2) is 31.1 Å². The highest BCUT2D eigenvalue weighted by molar-refractivity contribution is 7.12. The van der Waals surface area contributed by atoms with Gasteiger partial charge in [-0.05, 0) is 35.2 Å². The number of nitrogens with zero attached hydrogens (tertiary/aromatic N) is 1. The van der Waals surface area contributed by atoms with Crippen LogP contribution in [0.2, 0.25) is 0 Å². The molecule has 0 aliphatic rings. The van der Waals surface area contributed by atoms with Crippen molar-refractivity contribution < 1.29 is 19.4 Å². The number of rotatable bonds is 7. The molecule has 0 spiro atoms. The summed E-state index contributed by atoms with van der Waals surface area (Å²) in [5.74, 6) is 0.236. The van der Waals surface area contributed by atoms with E-state index in [1.807, 2.05) is 41.8 Å². The van der Waals surface area contributed by atoms with E-state index < -0.39 is 0 Å². The van der Waals surface area contributed by atoms with E-state index in [-0.39, 0.29) is 29.7 Å². The third kappa shape index (κ3) is 4.67. The second-order valence-electron chi connectivity index (χ2n) is 6.02. The summed E-state index contributed by atoms with van der Waals surface area (Å²) in [5.41, 5.74) is 7.89. The van der Waals surface area contributed by atoms with Crippen molar-refractivity contribution in [2.45, 2.75) is 6.54 Å². The fraction of sp³-hybridized carbons (Fsp3) is 0.143. The van der Waals surface area contributed by atoms with Gasteiger partial charge in [-0.15, -0.1) is 11.3 Å². The Morgan fingerprint density at radius 3 is 2.45 bits per heavy atom. The maximum atomic E-state index is 12.6. The van der Waals surface area contributed by atoms with Gasteiger partial charge in [-0.2, -0.15) is 0 Å². The molecule has 0 bridgehead atoms. The largest absolute Gasteiger partial charge is 0.502 e. The highest BCUT2D eigenvalue weighted by atomic mass is 32.1. The van der Waals surface area contributed by atoms with E-state index in [9.17, 15) is 9.90 Å². The number of methoxy groups -OCH3 is 2. The Bertz CT molecular complexity index is 1010. The van der Waals surface area contributed by atoms with E-state index in [2.05, 4.69) is 10.3 Å². The van der Waals surface area contributed by atoms with Crippen molar-refractivity contribution in [2.75, 3.05) is 14.2 Å². The van der Waals surface area contributed by atoms with Crippen LogP contribution < -0.4 is 20.5 Å². The number of amides is 1. The minimum Gasteiger partial charge on any atom is -0.502 e. The minimum absolute atomic E-state index is 0.156. The lowest BCUT2D eigenvalue weighted by molar-refractivity contribution is 0.0950. The zero-order valence-corrected chi connectivity index (χ0v) is 16.8. The molecule has 7 nitrogen and oxygen atoms in total. The molecule has 1 amide bonds. The van der Waals surface area contributed by atoms with Crippen LogP contribution in [0.25, 0.3) is 0 Å². The summed E-state index contributed by atoms with van der Waals surface area (Å²) in [6.45, 7) is 0.252. The van der Waals surface area contributed by atoms with Crippen molar-refractivity contribution in [1.82, 2.24) is 5.32 Å². The zero-order valence-electron chi connectivity index (χ0n) is 16.0. The van der Waals surface area contributed by atoms with Crippen molar-refractivity contribution in [3.63, 3.8) is 0 Å². The summed E-state index contributed by atoms with van der Waals surface area (Å²) in [5, 5.41) is 14.8. The molecule has 29 heavy (non-hydrogen) atoms. The van der Waals surface area contributed by atoms with E-state index in [4.69, 9.17) is 15.2 Å². The third-order valence-corrected chi connectivity index (χ3v) is 5.08. The summed E-state index contributed by atoms with van der Waals surface area (Å²) in [6, 6.07) is 14.2. The quantitative estimate of drug-likeness (QED) is 0.408. The highest BCUT2D eigenvalue weighted by Gasteiger charge is 2.16. The van der Waals surface area contributed by atoms with Gasteiger partial charge in [-0.3, -0.25) is 4.79 Å². The monoisotopic (exact) mass is 411 g/mol. The van der Waals surface area contributed by atoms with E-state index in [0.29, 0.717) is 17.1 Å².